The number of benzene rings is 4. The third-order valence-corrected chi connectivity index (χ3v) is 7.67. The van der Waals surface area contributed by atoms with Gasteiger partial charge in [-0.15, -0.1) is 10.2 Å². The van der Waals surface area contributed by atoms with Crippen LogP contribution >= 0.6 is 0 Å². The van der Waals surface area contributed by atoms with Gasteiger partial charge in [-0.05, 0) is 48.5 Å². The molecule has 0 atom stereocenters. The van der Waals surface area contributed by atoms with E-state index in [9.17, 15) is 39.4 Å². The van der Waals surface area contributed by atoms with Gasteiger partial charge in [0.1, 0.15) is 11.1 Å². The Morgan fingerprint density at radius 3 is 1.29 bits per heavy atom. The quantitative estimate of drug-likeness (QED) is 0.165. The van der Waals surface area contributed by atoms with Gasteiger partial charge in [-0.1, -0.05) is 0 Å². The Kier molecular flexibility index (Phi) is 5.57. The van der Waals surface area contributed by atoms with Crippen LogP contribution in [-0.2, 0) is 0 Å². The van der Waals surface area contributed by atoms with E-state index in [0.29, 0.717) is 0 Å². The molecule has 0 aliphatic heterocycles. The number of nitro groups is 2. The lowest BCUT2D eigenvalue weighted by atomic mass is 9.81. The predicted molar refractivity (Wildman–Crippen MR) is 154 cm³/mol. The number of aromatic nitrogens is 2. The van der Waals surface area contributed by atoms with Crippen molar-refractivity contribution in [3.8, 4) is 22.9 Å². The van der Waals surface area contributed by atoms with E-state index < -0.39 is 44.4 Å². The number of hydrogen-bond acceptors (Lipinski definition) is 13. The molecule has 4 aromatic carbocycles. The van der Waals surface area contributed by atoms with Gasteiger partial charge in [-0.3, -0.25) is 39.4 Å². The first kappa shape index (κ1) is 27.0. The van der Waals surface area contributed by atoms with E-state index in [1.165, 1.54) is 48.5 Å². The zero-order valence-electron chi connectivity index (χ0n) is 22.4. The highest BCUT2D eigenvalue weighted by molar-refractivity contribution is 6.32. The standard InChI is InChI=1S/C30H14N6O9/c31-17-5-7-19(35(41)42)23-21(17)27(39)15-9-11(1-3-13(15)25(23)37)29-33-34-30(45-29)12-2-4-14-16(10-12)28(40)22-18(32)6-8-20(36(43)44)24(22)26(14)38/h1-10H,31-32H2. The van der Waals surface area contributed by atoms with Crippen molar-refractivity contribution < 1.29 is 33.4 Å². The van der Waals surface area contributed by atoms with E-state index in [1.807, 2.05) is 0 Å². The molecule has 0 radical (unpaired) electrons. The number of nitrogens with zero attached hydrogens (tertiary/aromatic N) is 4. The number of ketones is 4. The molecule has 0 saturated heterocycles. The fourth-order valence-corrected chi connectivity index (χ4v) is 5.59. The molecule has 1 heterocycles. The van der Waals surface area contributed by atoms with Gasteiger partial charge < -0.3 is 15.9 Å². The number of nitro benzene ring substituents is 2. The molecule has 0 bridgehead atoms. The van der Waals surface area contributed by atoms with Crippen molar-refractivity contribution in [1.29, 1.82) is 0 Å². The van der Waals surface area contributed by atoms with Crippen molar-refractivity contribution in [3.05, 3.63) is 125 Å². The van der Waals surface area contributed by atoms with Crippen molar-refractivity contribution in [1.82, 2.24) is 10.2 Å². The summed E-state index contributed by atoms with van der Waals surface area (Å²) in [6, 6.07) is 12.6. The molecule has 0 saturated carbocycles. The van der Waals surface area contributed by atoms with Crippen LogP contribution in [0.25, 0.3) is 22.9 Å². The van der Waals surface area contributed by atoms with Crippen molar-refractivity contribution in [2.24, 2.45) is 0 Å². The van der Waals surface area contributed by atoms with Crippen LogP contribution < -0.4 is 11.5 Å². The van der Waals surface area contributed by atoms with Crippen LogP contribution in [-0.4, -0.2) is 43.2 Å². The summed E-state index contributed by atoms with van der Waals surface area (Å²) in [6.07, 6.45) is 0. The lowest BCUT2D eigenvalue weighted by molar-refractivity contribution is -0.385. The Hall–Kier alpha value is -6.90. The SMILES string of the molecule is Nc1ccc([N+](=O)[O-])c2c1C(=O)c1cc(-c3nnc(-c4ccc5c(c4)C(=O)c4c(N)ccc([N+](=O)[O-])c4C5=O)o3)ccc1C2=O. The summed E-state index contributed by atoms with van der Waals surface area (Å²) in [5.41, 5.74) is 9.50. The highest BCUT2D eigenvalue weighted by Crippen LogP contribution is 2.40. The summed E-state index contributed by atoms with van der Waals surface area (Å²) < 4.78 is 5.81. The first-order chi connectivity index (χ1) is 21.5. The number of hydrogen-bond donors (Lipinski definition) is 2. The molecule has 45 heavy (non-hydrogen) atoms. The first-order valence-corrected chi connectivity index (χ1v) is 12.9. The third-order valence-electron chi connectivity index (χ3n) is 7.67. The van der Waals surface area contributed by atoms with Gasteiger partial charge in [0.15, 0.2) is 11.6 Å². The second-order valence-electron chi connectivity index (χ2n) is 10.1. The summed E-state index contributed by atoms with van der Waals surface area (Å²) >= 11 is 0. The minimum Gasteiger partial charge on any atom is -0.416 e. The van der Waals surface area contributed by atoms with Crippen LogP contribution in [0, 0.1) is 20.2 Å². The molecule has 1 aromatic heterocycles. The molecule has 7 rings (SSSR count). The molecule has 5 aromatic rings. The maximum Gasteiger partial charge on any atom is 0.281 e. The number of carbonyl (C=O) groups is 4. The van der Waals surface area contributed by atoms with Crippen LogP contribution in [0.2, 0.25) is 0 Å². The van der Waals surface area contributed by atoms with E-state index >= 15 is 0 Å². The molecule has 4 N–H and O–H groups in total. The normalized spacial score (nSPS) is 13.2. The second kappa shape index (κ2) is 9.30. The average Bonchev–Trinajstić information content (AvgIpc) is 3.52. The smallest absolute Gasteiger partial charge is 0.281 e. The lowest BCUT2D eigenvalue weighted by Crippen LogP contribution is -2.23. The predicted octanol–water partition coefficient (Wildman–Crippen LogP) is 3.94. The summed E-state index contributed by atoms with van der Waals surface area (Å²) in [5, 5.41) is 31.1. The Bertz CT molecular complexity index is 2130. The molecule has 15 heteroatoms. The third kappa shape index (κ3) is 3.77. The first-order valence-electron chi connectivity index (χ1n) is 12.9. The van der Waals surface area contributed by atoms with Crippen LogP contribution in [0.15, 0.2) is 65.1 Å². The van der Waals surface area contributed by atoms with Gasteiger partial charge in [0, 0.05) is 56.9 Å². The maximum absolute atomic E-state index is 13.4. The largest absolute Gasteiger partial charge is 0.416 e. The Morgan fingerprint density at radius 2 is 0.911 bits per heavy atom. The van der Waals surface area contributed by atoms with E-state index in [4.69, 9.17) is 15.9 Å². The van der Waals surface area contributed by atoms with Crippen LogP contribution in [0.5, 0.6) is 0 Å². The van der Waals surface area contributed by atoms with Gasteiger partial charge >= 0.3 is 0 Å². The van der Waals surface area contributed by atoms with Crippen molar-refractivity contribution >= 4 is 45.9 Å². The Morgan fingerprint density at radius 1 is 0.533 bits per heavy atom. The number of nitrogens with two attached hydrogens (primary N) is 2. The zero-order chi connectivity index (χ0) is 31.9. The Balaban J connectivity index is 1.26. The molecule has 0 fully saturated rings. The zero-order valence-corrected chi connectivity index (χ0v) is 22.4. The minimum absolute atomic E-state index is 0.0673. The monoisotopic (exact) mass is 602 g/mol. The van der Waals surface area contributed by atoms with Gasteiger partial charge in [0.2, 0.25) is 23.3 Å². The van der Waals surface area contributed by atoms with Crippen LogP contribution in [0.3, 0.4) is 0 Å². The molecular weight excluding hydrogens is 588 g/mol. The topological polar surface area (TPSA) is 246 Å². The molecule has 0 spiro atoms. The average molecular weight is 602 g/mol. The summed E-state index contributed by atoms with van der Waals surface area (Å²) in [6.45, 7) is 0. The van der Waals surface area contributed by atoms with Crippen LogP contribution in [0.1, 0.15) is 63.7 Å². The van der Waals surface area contributed by atoms with Crippen molar-refractivity contribution in [2.45, 2.75) is 0 Å². The highest BCUT2D eigenvalue weighted by Gasteiger charge is 2.39. The molecule has 15 nitrogen and oxygen atoms in total. The molecule has 0 unspecified atom stereocenters. The van der Waals surface area contributed by atoms with Crippen molar-refractivity contribution in [3.63, 3.8) is 0 Å². The second-order valence-corrected chi connectivity index (χ2v) is 10.1. The summed E-state index contributed by atoms with van der Waals surface area (Å²) in [4.78, 5) is 74.8. The maximum atomic E-state index is 13.4. The van der Waals surface area contributed by atoms with E-state index in [0.717, 1.165) is 12.1 Å². The Labute approximate surface area is 249 Å². The summed E-state index contributed by atoms with van der Waals surface area (Å²) in [5.74, 6) is -3.01. The van der Waals surface area contributed by atoms with Gasteiger partial charge in [0.25, 0.3) is 11.4 Å². The van der Waals surface area contributed by atoms with Crippen LogP contribution in [0.4, 0.5) is 22.7 Å². The summed E-state index contributed by atoms with van der Waals surface area (Å²) in [7, 11) is 0. The van der Waals surface area contributed by atoms with E-state index in [-0.39, 0.29) is 78.8 Å². The number of rotatable bonds is 4. The van der Waals surface area contributed by atoms with Gasteiger partial charge in [0.05, 0.1) is 21.0 Å². The van der Waals surface area contributed by atoms with E-state index in [1.54, 1.807) is 0 Å². The highest BCUT2D eigenvalue weighted by atomic mass is 16.6. The number of carbonyl (C=O) groups excluding carboxylic acids is 4. The lowest BCUT2D eigenvalue weighted by Gasteiger charge is -2.19. The fourth-order valence-electron chi connectivity index (χ4n) is 5.59. The molecular formula is C30H14N6O9. The van der Waals surface area contributed by atoms with Crippen molar-refractivity contribution in [2.75, 3.05) is 11.5 Å². The van der Waals surface area contributed by atoms with E-state index in [2.05, 4.69) is 10.2 Å². The molecule has 0 amide bonds. The fraction of sp³-hybridized carbons (Fsp3) is 0. The van der Waals surface area contributed by atoms with Gasteiger partial charge in [-0.25, -0.2) is 0 Å². The van der Waals surface area contributed by atoms with Gasteiger partial charge in [-0.2, -0.15) is 0 Å². The minimum atomic E-state index is -0.759. The molecule has 2 aliphatic carbocycles. The number of fused-ring (bicyclic) bond motifs is 4. The number of anilines is 2. The molecule has 2 aliphatic rings. The molecule has 218 valence electrons. The number of nitrogen functional groups attached to an aromatic ring is 2.